The molecule has 3 N–H and O–H groups in total. The molecule has 3 heteroatoms. The van der Waals surface area contributed by atoms with E-state index in [9.17, 15) is 4.79 Å². The van der Waals surface area contributed by atoms with E-state index in [0.717, 1.165) is 31.4 Å². The average Bonchev–Trinajstić information content (AvgIpc) is 2.32. The molecule has 0 fully saturated rings. The summed E-state index contributed by atoms with van der Waals surface area (Å²) >= 11 is 0. The van der Waals surface area contributed by atoms with Gasteiger partial charge >= 0.3 is 0 Å². The van der Waals surface area contributed by atoms with Crippen molar-refractivity contribution in [2.45, 2.75) is 52.0 Å². The summed E-state index contributed by atoms with van der Waals surface area (Å²) in [6.45, 7) is 6.19. The first-order chi connectivity index (χ1) is 8.54. The highest BCUT2D eigenvalue weighted by atomic mass is 16.1. The van der Waals surface area contributed by atoms with Crippen LogP contribution in [-0.2, 0) is 4.79 Å². The minimum Gasteiger partial charge on any atom is -0.371 e. The van der Waals surface area contributed by atoms with Gasteiger partial charge in [-0.2, -0.15) is 0 Å². The first-order valence-corrected chi connectivity index (χ1v) is 6.69. The molecule has 0 bridgehead atoms. The summed E-state index contributed by atoms with van der Waals surface area (Å²) in [7, 11) is 0. The molecule has 1 aromatic carbocycles. The molecule has 0 radical (unpaired) electrons. The van der Waals surface area contributed by atoms with Crippen LogP contribution in [0.3, 0.4) is 0 Å². The normalized spacial score (nSPS) is 11.3. The first-order valence-electron chi connectivity index (χ1n) is 6.69. The number of anilines is 1. The van der Waals surface area contributed by atoms with E-state index in [4.69, 9.17) is 5.73 Å². The lowest BCUT2D eigenvalue weighted by molar-refractivity contribution is -0.122. The number of hydrogen-bond donors (Lipinski definition) is 2. The van der Waals surface area contributed by atoms with E-state index < -0.39 is 5.54 Å². The lowest BCUT2D eigenvalue weighted by Gasteiger charge is -2.32. The van der Waals surface area contributed by atoms with E-state index in [1.165, 1.54) is 5.56 Å². The van der Waals surface area contributed by atoms with Crippen LogP contribution in [0.25, 0.3) is 0 Å². The van der Waals surface area contributed by atoms with Crippen molar-refractivity contribution in [2.75, 3.05) is 5.32 Å². The summed E-state index contributed by atoms with van der Waals surface area (Å²) in [5.41, 5.74) is 7.17. The summed E-state index contributed by atoms with van der Waals surface area (Å²) in [5, 5.41) is 3.35. The van der Waals surface area contributed by atoms with E-state index in [0.29, 0.717) is 0 Å². The highest BCUT2D eigenvalue weighted by Gasteiger charge is 2.34. The van der Waals surface area contributed by atoms with Gasteiger partial charge in [0.2, 0.25) is 5.91 Å². The number of rotatable bonds is 7. The van der Waals surface area contributed by atoms with Crippen molar-refractivity contribution in [3.05, 3.63) is 29.8 Å². The maximum atomic E-state index is 11.8. The van der Waals surface area contributed by atoms with Gasteiger partial charge in [-0.05, 0) is 31.9 Å². The zero-order valence-corrected chi connectivity index (χ0v) is 11.6. The summed E-state index contributed by atoms with van der Waals surface area (Å²) < 4.78 is 0. The Hall–Kier alpha value is -1.51. The van der Waals surface area contributed by atoms with Gasteiger partial charge in [0.1, 0.15) is 5.54 Å². The Kier molecular flexibility index (Phi) is 5.20. The van der Waals surface area contributed by atoms with Crippen molar-refractivity contribution in [3.63, 3.8) is 0 Å². The summed E-state index contributed by atoms with van der Waals surface area (Å²) in [5.74, 6) is -0.258. The number of carbonyl (C=O) groups excluding carboxylic acids is 1. The van der Waals surface area contributed by atoms with Crippen LogP contribution in [0.2, 0.25) is 0 Å². The molecule has 1 rings (SSSR count). The Balaban J connectivity index is 2.95. The van der Waals surface area contributed by atoms with Gasteiger partial charge in [0.15, 0.2) is 0 Å². The van der Waals surface area contributed by atoms with Gasteiger partial charge in [0.05, 0.1) is 0 Å². The molecule has 100 valence electrons. The predicted molar refractivity (Wildman–Crippen MR) is 76.5 cm³/mol. The number of amides is 1. The van der Waals surface area contributed by atoms with Gasteiger partial charge in [0.25, 0.3) is 0 Å². The van der Waals surface area contributed by atoms with Crippen molar-refractivity contribution in [2.24, 2.45) is 5.73 Å². The first kappa shape index (κ1) is 14.6. The Labute approximate surface area is 110 Å². The van der Waals surface area contributed by atoms with Crippen LogP contribution >= 0.6 is 0 Å². The van der Waals surface area contributed by atoms with E-state index in [2.05, 4.69) is 19.2 Å². The number of nitrogens with one attached hydrogen (secondary N) is 1. The van der Waals surface area contributed by atoms with Crippen LogP contribution in [0.1, 0.15) is 45.1 Å². The van der Waals surface area contributed by atoms with E-state index >= 15 is 0 Å². The van der Waals surface area contributed by atoms with Crippen molar-refractivity contribution in [1.29, 1.82) is 0 Å². The Morgan fingerprint density at radius 2 is 1.67 bits per heavy atom. The Morgan fingerprint density at radius 1 is 1.17 bits per heavy atom. The van der Waals surface area contributed by atoms with Gasteiger partial charge in [0, 0.05) is 5.69 Å². The maximum absolute atomic E-state index is 11.8. The van der Waals surface area contributed by atoms with E-state index in [-0.39, 0.29) is 5.91 Å². The number of carbonyl (C=O) groups is 1. The SMILES string of the molecule is CCCC(CCC)(Nc1ccc(C)cc1)C(N)=O. The molecule has 0 aliphatic rings. The van der Waals surface area contributed by atoms with Crippen LogP contribution < -0.4 is 11.1 Å². The number of hydrogen-bond acceptors (Lipinski definition) is 2. The number of nitrogens with two attached hydrogens (primary N) is 1. The molecular weight excluding hydrogens is 224 g/mol. The fraction of sp³-hybridized carbons (Fsp3) is 0.533. The predicted octanol–water partition coefficient (Wildman–Crippen LogP) is 3.23. The van der Waals surface area contributed by atoms with Crippen molar-refractivity contribution in [1.82, 2.24) is 0 Å². The van der Waals surface area contributed by atoms with Crippen LogP contribution in [0.4, 0.5) is 5.69 Å². The topological polar surface area (TPSA) is 55.1 Å². The Bertz CT molecular complexity index is 378. The van der Waals surface area contributed by atoms with Gasteiger partial charge in [-0.15, -0.1) is 0 Å². The molecule has 0 unspecified atom stereocenters. The monoisotopic (exact) mass is 248 g/mol. The zero-order chi connectivity index (χ0) is 13.6. The third-order valence-electron chi connectivity index (χ3n) is 3.26. The molecule has 1 aromatic rings. The molecular formula is C15H24N2O. The highest BCUT2D eigenvalue weighted by Crippen LogP contribution is 2.25. The van der Waals surface area contributed by atoms with Crippen molar-refractivity contribution in [3.8, 4) is 0 Å². The average molecular weight is 248 g/mol. The molecule has 0 heterocycles. The lowest BCUT2D eigenvalue weighted by Crippen LogP contribution is -2.50. The molecule has 3 nitrogen and oxygen atoms in total. The number of benzene rings is 1. The largest absolute Gasteiger partial charge is 0.371 e. The molecule has 0 aliphatic heterocycles. The van der Waals surface area contributed by atoms with Crippen molar-refractivity contribution >= 4 is 11.6 Å². The van der Waals surface area contributed by atoms with E-state index in [1.807, 2.05) is 31.2 Å². The van der Waals surface area contributed by atoms with Crippen LogP contribution in [-0.4, -0.2) is 11.4 Å². The fourth-order valence-electron chi connectivity index (χ4n) is 2.32. The van der Waals surface area contributed by atoms with Gasteiger partial charge in [-0.3, -0.25) is 4.79 Å². The summed E-state index contributed by atoms with van der Waals surface area (Å²) in [6, 6.07) is 8.06. The maximum Gasteiger partial charge on any atom is 0.243 e. The van der Waals surface area contributed by atoms with Gasteiger partial charge < -0.3 is 11.1 Å². The van der Waals surface area contributed by atoms with Crippen molar-refractivity contribution < 1.29 is 4.79 Å². The van der Waals surface area contributed by atoms with Crippen LogP contribution in [0.5, 0.6) is 0 Å². The molecule has 0 aromatic heterocycles. The smallest absolute Gasteiger partial charge is 0.243 e. The zero-order valence-electron chi connectivity index (χ0n) is 11.6. The van der Waals surface area contributed by atoms with Crippen LogP contribution in [0.15, 0.2) is 24.3 Å². The number of primary amides is 1. The second kappa shape index (κ2) is 6.43. The fourth-order valence-corrected chi connectivity index (χ4v) is 2.32. The van der Waals surface area contributed by atoms with Gasteiger partial charge in [-0.1, -0.05) is 44.4 Å². The standard InChI is InChI=1S/C15H24N2O/c1-4-10-15(11-5-2,14(16)18)17-13-8-6-12(3)7-9-13/h6-9,17H,4-5,10-11H2,1-3H3,(H2,16,18). The Morgan fingerprint density at radius 3 is 2.06 bits per heavy atom. The molecule has 0 saturated heterocycles. The third kappa shape index (κ3) is 3.49. The molecule has 1 amide bonds. The van der Waals surface area contributed by atoms with E-state index in [1.54, 1.807) is 0 Å². The lowest BCUT2D eigenvalue weighted by atomic mass is 9.87. The minimum atomic E-state index is -0.612. The molecule has 0 aliphatic carbocycles. The molecule has 0 spiro atoms. The summed E-state index contributed by atoms with van der Waals surface area (Å²) in [4.78, 5) is 11.8. The second-order valence-corrected chi connectivity index (χ2v) is 4.94. The molecule has 0 saturated carbocycles. The van der Waals surface area contributed by atoms with Gasteiger partial charge in [-0.25, -0.2) is 0 Å². The third-order valence-corrected chi connectivity index (χ3v) is 3.26. The summed E-state index contributed by atoms with van der Waals surface area (Å²) in [6.07, 6.45) is 3.40. The molecule has 0 atom stereocenters. The highest BCUT2D eigenvalue weighted by molar-refractivity contribution is 5.88. The number of aryl methyl sites for hydroxylation is 1. The van der Waals surface area contributed by atoms with Crippen LogP contribution in [0, 0.1) is 6.92 Å². The second-order valence-electron chi connectivity index (χ2n) is 4.94. The minimum absolute atomic E-state index is 0.258. The quantitative estimate of drug-likeness (QED) is 0.778. The molecule has 18 heavy (non-hydrogen) atoms.